The highest BCUT2D eigenvalue weighted by molar-refractivity contribution is 5.89. The number of nitrogens with zero attached hydrogens (tertiary/aromatic N) is 2. The predicted molar refractivity (Wildman–Crippen MR) is 82.2 cm³/mol. The van der Waals surface area contributed by atoms with Crippen LogP contribution in [0.25, 0.3) is 0 Å². The zero-order valence-corrected chi connectivity index (χ0v) is 13.2. The molecule has 1 aromatic carbocycles. The zero-order valence-electron chi connectivity index (χ0n) is 13.2. The molecule has 116 valence electrons. The second-order valence-corrected chi connectivity index (χ2v) is 5.91. The van der Waals surface area contributed by atoms with Gasteiger partial charge in [-0.25, -0.2) is 0 Å². The number of rotatable bonds is 7. The minimum Gasteiger partial charge on any atom is -0.480 e. The number of carbonyl (C=O) groups excluding carboxylic acids is 1. The zero-order chi connectivity index (χ0) is 16.0. The van der Waals surface area contributed by atoms with E-state index in [1.54, 1.807) is 0 Å². The van der Waals surface area contributed by atoms with Gasteiger partial charge in [0.15, 0.2) is 0 Å². The van der Waals surface area contributed by atoms with Crippen molar-refractivity contribution in [1.29, 1.82) is 0 Å². The number of amides is 1. The molecule has 0 radical (unpaired) electrons. The monoisotopic (exact) mass is 292 g/mol. The van der Waals surface area contributed by atoms with Crippen LogP contribution in [-0.2, 0) is 15.0 Å². The smallest absolute Gasteiger partial charge is 0.323 e. The average molecular weight is 292 g/mol. The molecule has 0 aliphatic rings. The minimum atomic E-state index is -0.994. The van der Waals surface area contributed by atoms with Crippen LogP contribution in [0, 0.1) is 0 Å². The molecule has 1 N–H and O–H groups in total. The number of hydrogen-bond donors (Lipinski definition) is 1. The van der Waals surface area contributed by atoms with Crippen molar-refractivity contribution in [1.82, 2.24) is 9.80 Å². The molecule has 0 bridgehead atoms. The lowest BCUT2D eigenvalue weighted by molar-refractivity contribution is -0.146. The summed E-state index contributed by atoms with van der Waals surface area (Å²) in [7, 11) is 3.79. The SMILES string of the molecule is CN(C)CCN(CC(=O)O)C(=O)C(C)(C)c1ccccc1. The standard InChI is InChI=1S/C16H24N2O3/c1-16(2,13-8-6-5-7-9-13)15(21)18(12-14(19)20)11-10-17(3)4/h5-9H,10-12H2,1-4H3,(H,19,20). The fourth-order valence-corrected chi connectivity index (χ4v) is 2.11. The van der Waals surface area contributed by atoms with E-state index in [-0.39, 0.29) is 12.5 Å². The number of carbonyl (C=O) groups is 2. The Morgan fingerprint density at radius 3 is 2.14 bits per heavy atom. The van der Waals surface area contributed by atoms with Crippen LogP contribution in [0.5, 0.6) is 0 Å². The van der Waals surface area contributed by atoms with Gasteiger partial charge in [0.25, 0.3) is 0 Å². The largest absolute Gasteiger partial charge is 0.480 e. The molecule has 0 atom stereocenters. The van der Waals surface area contributed by atoms with Gasteiger partial charge in [0.1, 0.15) is 6.54 Å². The third kappa shape index (κ3) is 4.86. The van der Waals surface area contributed by atoms with E-state index in [1.165, 1.54) is 4.90 Å². The second kappa shape index (κ2) is 7.22. The summed E-state index contributed by atoms with van der Waals surface area (Å²) < 4.78 is 0. The Morgan fingerprint density at radius 2 is 1.67 bits per heavy atom. The van der Waals surface area contributed by atoms with E-state index in [0.29, 0.717) is 13.1 Å². The van der Waals surface area contributed by atoms with Crippen molar-refractivity contribution >= 4 is 11.9 Å². The first kappa shape index (κ1) is 17.2. The highest BCUT2D eigenvalue weighted by Gasteiger charge is 2.34. The summed E-state index contributed by atoms with van der Waals surface area (Å²) in [6.07, 6.45) is 0. The van der Waals surface area contributed by atoms with E-state index in [9.17, 15) is 9.59 Å². The lowest BCUT2D eigenvalue weighted by Crippen LogP contribution is -2.47. The molecule has 1 rings (SSSR count). The maximum Gasteiger partial charge on any atom is 0.323 e. The fraction of sp³-hybridized carbons (Fsp3) is 0.500. The van der Waals surface area contributed by atoms with Gasteiger partial charge < -0.3 is 14.9 Å². The van der Waals surface area contributed by atoms with Gasteiger partial charge in [0, 0.05) is 13.1 Å². The molecule has 0 aromatic heterocycles. The lowest BCUT2D eigenvalue weighted by atomic mass is 9.83. The normalized spacial score (nSPS) is 11.5. The van der Waals surface area contributed by atoms with Crippen LogP contribution in [0.4, 0.5) is 0 Å². The maximum atomic E-state index is 12.8. The lowest BCUT2D eigenvalue weighted by Gasteiger charge is -2.32. The molecule has 5 nitrogen and oxygen atoms in total. The summed E-state index contributed by atoms with van der Waals surface area (Å²) in [6.45, 7) is 4.41. The Hall–Kier alpha value is -1.88. The van der Waals surface area contributed by atoms with Crippen molar-refractivity contribution in [3.8, 4) is 0 Å². The fourth-order valence-electron chi connectivity index (χ4n) is 2.11. The van der Waals surface area contributed by atoms with Crippen molar-refractivity contribution in [3.63, 3.8) is 0 Å². The van der Waals surface area contributed by atoms with Gasteiger partial charge in [0.05, 0.1) is 5.41 Å². The summed E-state index contributed by atoms with van der Waals surface area (Å²) in [4.78, 5) is 27.1. The molecule has 21 heavy (non-hydrogen) atoms. The highest BCUT2D eigenvalue weighted by atomic mass is 16.4. The molecule has 1 aromatic rings. The Balaban J connectivity index is 2.95. The molecule has 0 saturated carbocycles. The average Bonchev–Trinajstić information content (AvgIpc) is 2.43. The topological polar surface area (TPSA) is 60.9 Å². The van der Waals surface area contributed by atoms with Crippen molar-refractivity contribution in [2.75, 3.05) is 33.7 Å². The van der Waals surface area contributed by atoms with Crippen LogP contribution in [0.15, 0.2) is 30.3 Å². The van der Waals surface area contributed by atoms with Gasteiger partial charge in [-0.15, -0.1) is 0 Å². The summed E-state index contributed by atoms with van der Waals surface area (Å²) in [5.41, 5.74) is 0.137. The first-order valence-electron chi connectivity index (χ1n) is 6.96. The van der Waals surface area contributed by atoms with Crippen LogP contribution in [0.1, 0.15) is 19.4 Å². The van der Waals surface area contributed by atoms with Gasteiger partial charge in [-0.1, -0.05) is 30.3 Å². The number of carboxylic acids is 1. The van der Waals surface area contributed by atoms with Gasteiger partial charge in [-0.3, -0.25) is 9.59 Å². The van der Waals surface area contributed by atoms with Gasteiger partial charge in [-0.2, -0.15) is 0 Å². The number of carboxylic acid groups (broad SMARTS) is 1. The van der Waals surface area contributed by atoms with Crippen LogP contribution in [0.2, 0.25) is 0 Å². The summed E-state index contributed by atoms with van der Waals surface area (Å²) in [5.74, 6) is -1.16. The van der Waals surface area contributed by atoms with Crippen LogP contribution < -0.4 is 0 Å². The molecule has 0 heterocycles. The molecule has 0 unspecified atom stereocenters. The molecular formula is C16H24N2O3. The van der Waals surface area contributed by atoms with E-state index in [4.69, 9.17) is 5.11 Å². The van der Waals surface area contributed by atoms with Gasteiger partial charge in [-0.05, 0) is 33.5 Å². The van der Waals surface area contributed by atoms with Crippen molar-refractivity contribution in [3.05, 3.63) is 35.9 Å². The summed E-state index contributed by atoms with van der Waals surface area (Å²) >= 11 is 0. The maximum absolute atomic E-state index is 12.8. The van der Waals surface area contributed by atoms with Crippen LogP contribution in [-0.4, -0.2) is 60.5 Å². The Kier molecular flexibility index (Phi) is 5.90. The summed E-state index contributed by atoms with van der Waals surface area (Å²) in [6, 6.07) is 9.44. The number of likely N-dealkylation sites (N-methyl/N-ethyl adjacent to an activating group) is 1. The van der Waals surface area contributed by atoms with Crippen molar-refractivity contribution in [2.45, 2.75) is 19.3 Å². The second-order valence-electron chi connectivity index (χ2n) is 5.91. The third-order valence-electron chi connectivity index (χ3n) is 3.46. The molecule has 0 spiro atoms. The first-order valence-corrected chi connectivity index (χ1v) is 6.96. The van der Waals surface area contributed by atoms with Crippen molar-refractivity contribution < 1.29 is 14.7 Å². The molecule has 0 fully saturated rings. The minimum absolute atomic E-state index is 0.169. The van der Waals surface area contributed by atoms with E-state index in [2.05, 4.69) is 0 Å². The molecule has 0 saturated heterocycles. The van der Waals surface area contributed by atoms with E-state index >= 15 is 0 Å². The van der Waals surface area contributed by atoms with Gasteiger partial charge in [0.2, 0.25) is 5.91 Å². The van der Waals surface area contributed by atoms with Crippen LogP contribution >= 0.6 is 0 Å². The quantitative estimate of drug-likeness (QED) is 0.826. The Morgan fingerprint density at radius 1 is 1.10 bits per heavy atom. The van der Waals surface area contributed by atoms with Gasteiger partial charge >= 0.3 is 5.97 Å². The third-order valence-corrected chi connectivity index (χ3v) is 3.46. The highest BCUT2D eigenvalue weighted by Crippen LogP contribution is 2.25. The number of aliphatic carboxylic acids is 1. The molecule has 1 amide bonds. The predicted octanol–water partition coefficient (Wildman–Crippen LogP) is 1.44. The summed E-state index contributed by atoms with van der Waals surface area (Å²) in [5, 5.41) is 9.03. The molecule has 0 aliphatic carbocycles. The van der Waals surface area contributed by atoms with E-state index in [0.717, 1.165) is 5.56 Å². The van der Waals surface area contributed by atoms with Crippen LogP contribution in [0.3, 0.4) is 0 Å². The Labute approximate surface area is 126 Å². The molecule has 0 aliphatic heterocycles. The number of benzene rings is 1. The van der Waals surface area contributed by atoms with E-state index < -0.39 is 11.4 Å². The molecular weight excluding hydrogens is 268 g/mol. The number of hydrogen-bond acceptors (Lipinski definition) is 3. The first-order chi connectivity index (χ1) is 9.75. The van der Waals surface area contributed by atoms with E-state index in [1.807, 2.05) is 63.2 Å². The van der Waals surface area contributed by atoms with Crippen molar-refractivity contribution in [2.24, 2.45) is 0 Å². The molecule has 5 heteroatoms. The Bertz CT molecular complexity index is 484.